The van der Waals surface area contributed by atoms with E-state index in [1.165, 1.54) is 14.6 Å². The Kier molecular flexibility index (Phi) is 5.65. The smallest absolute Gasteiger partial charge is 0.279 e. The number of rotatable bonds is 5. The predicted molar refractivity (Wildman–Crippen MR) is 112 cm³/mol. The molecule has 1 saturated heterocycles. The first-order chi connectivity index (χ1) is 13.7. The second-order valence-electron chi connectivity index (χ2n) is 7.32. The largest absolute Gasteiger partial charge is 0.327 e. The number of piperidine rings is 1. The molecule has 28 heavy (non-hydrogen) atoms. The fourth-order valence-electron chi connectivity index (χ4n) is 3.82. The molecule has 1 amide bonds. The zero-order valence-corrected chi connectivity index (χ0v) is 16.5. The van der Waals surface area contributed by atoms with Crippen LogP contribution in [0.15, 0.2) is 48.5 Å². The summed E-state index contributed by atoms with van der Waals surface area (Å²) >= 11 is 1.78. The zero-order valence-electron chi connectivity index (χ0n) is 15.6. The highest BCUT2D eigenvalue weighted by atomic mass is 32.1. The summed E-state index contributed by atoms with van der Waals surface area (Å²) in [6.45, 7) is 2.45. The number of benzene rings is 2. The van der Waals surface area contributed by atoms with Crippen LogP contribution in [0.1, 0.15) is 29.3 Å². The van der Waals surface area contributed by atoms with E-state index in [-0.39, 0.29) is 5.91 Å². The second-order valence-corrected chi connectivity index (χ2v) is 8.38. The Bertz CT molecular complexity index is 972. The maximum Gasteiger partial charge on any atom is 0.279 e. The third-order valence-electron chi connectivity index (χ3n) is 5.21. The first-order valence-electron chi connectivity index (χ1n) is 9.66. The normalized spacial score (nSPS) is 19.2. The molecule has 0 radical (unpaired) electrons. The summed E-state index contributed by atoms with van der Waals surface area (Å²) in [5, 5.41) is 12.9. The van der Waals surface area contributed by atoms with Crippen molar-refractivity contribution in [1.82, 2.24) is 4.98 Å². The number of thiazole rings is 1. The molecule has 2 atom stereocenters. The molecule has 2 aromatic carbocycles. The van der Waals surface area contributed by atoms with Gasteiger partial charge in [0.2, 0.25) is 0 Å². The van der Waals surface area contributed by atoms with Crippen LogP contribution >= 0.6 is 11.3 Å². The van der Waals surface area contributed by atoms with E-state index in [2.05, 4.69) is 29.6 Å². The Morgan fingerprint density at radius 1 is 1.25 bits per heavy atom. The molecular weight excluding hydrogens is 368 g/mol. The summed E-state index contributed by atoms with van der Waals surface area (Å²) in [6, 6.07) is 17.9. The van der Waals surface area contributed by atoms with Crippen LogP contribution in [0.5, 0.6) is 0 Å². The van der Waals surface area contributed by atoms with Crippen LogP contribution in [-0.2, 0) is 11.2 Å². The van der Waals surface area contributed by atoms with Gasteiger partial charge >= 0.3 is 0 Å². The molecule has 4 rings (SSSR count). The van der Waals surface area contributed by atoms with Gasteiger partial charge in [0.15, 0.2) is 6.54 Å². The summed E-state index contributed by atoms with van der Waals surface area (Å²) in [4.78, 5) is 18.6. The maximum atomic E-state index is 12.5. The molecule has 0 spiro atoms. The van der Waals surface area contributed by atoms with Crippen molar-refractivity contribution in [3.8, 4) is 6.07 Å². The van der Waals surface area contributed by atoms with Gasteiger partial charge in [-0.15, -0.1) is 11.3 Å². The minimum Gasteiger partial charge on any atom is -0.327 e. The van der Waals surface area contributed by atoms with Gasteiger partial charge in [0, 0.05) is 5.69 Å². The van der Waals surface area contributed by atoms with E-state index in [1.54, 1.807) is 11.3 Å². The first-order valence-corrected chi connectivity index (χ1v) is 10.5. The van der Waals surface area contributed by atoms with Crippen molar-refractivity contribution in [1.29, 1.82) is 5.26 Å². The summed E-state index contributed by atoms with van der Waals surface area (Å²) in [7, 11) is 0. The third-order valence-corrected chi connectivity index (χ3v) is 6.41. The van der Waals surface area contributed by atoms with Crippen molar-refractivity contribution in [3.63, 3.8) is 0 Å². The van der Waals surface area contributed by atoms with E-state index in [1.807, 2.05) is 30.3 Å². The standard InChI is InChI=1S/C22H22N4OS/c23-12-11-16-7-9-18(10-8-16)24-21(27)15-26-13-3-4-17(14-26)22-25-19-5-1-2-6-20(19)28-22/h1-2,5-10,17H,3-4,11,13-15H2,(H,24,27)/p+1/t17-/m0/s1. The van der Waals surface area contributed by atoms with Gasteiger partial charge in [-0.2, -0.15) is 5.26 Å². The Balaban J connectivity index is 1.35. The van der Waals surface area contributed by atoms with Crippen LogP contribution in [0.2, 0.25) is 0 Å². The minimum absolute atomic E-state index is 0.0352. The molecule has 0 saturated carbocycles. The first kappa shape index (κ1) is 18.6. The van der Waals surface area contributed by atoms with Crippen LogP contribution in [0.4, 0.5) is 5.69 Å². The molecule has 3 aromatic rings. The van der Waals surface area contributed by atoms with Crippen molar-refractivity contribution in [2.75, 3.05) is 25.0 Å². The molecule has 1 aliphatic rings. The number of hydrogen-bond acceptors (Lipinski definition) is 4. The number of anilines is 1. The molecule has 2 N–H and O–H groups in total. The number of carbonyl (C=O) groups excluding carboxylic acids is 1. The van der Waals surface area contributed by atoms with Crippen molar-refractivity contribution in [2.24, 2.45) is 0 Å². The highest BCUT2D eigenvalue weighted by Gasteiger charge is 2.28. The molecule has 1 aliphatic heterocycles. The number of para-hydroxylation sites is 1. The van der Waals surface area contributed by atoms with Crippen LogP contribution < -0.4 is 10.2 Å². The van der Waals surface area contributed by atoms with E-state index in [0.29, 0.717) is 18.9 Å². The molecule has 1 aromatic heterocycles. The molecule has 142 valence electrons. The lowest BCUT2D eigenvalue weighted by molar-refractivity contribution is -0.898. The fraction of sp³-hybridized carbons (Fsp3) is 0.318. The average molecular weight is 392 g/mol. The van der Waals surface area contributed by atoms with E-state index >= 15 is 0 Å². The number of nitrogens with one attached hydrogen (secondary N) is 2. The van der Waals surface area contributed by atoms with Crippen molar-refractivity contribution < 1.29 is 9.69 Å². The molecule has 1 fully saturated rings. The highest BCUT2D eigenvalue weighted by molar-refractivity contribution is 7.18. The van der Waals surface area contributed by atoms with Crippen LogP contribution in [0.3, 0.4) is 0 Å². The van der Waals surface area contributed by atoms with E-state index in [0.717, 1.165) is 42.7 Å². The summed E-state index contributed by atoms with van der Waals surface area (Å²) in [6.07, 6.45) is 2.65. The quantitative estimate of drug-likeness (QED) is 0.703. The second kappa shape index (κ2) is 8.51. The molecular formula is C22H23N4OS+. The van der Waals surface area contributed by atoms with E-state index in [4.69, 9.17) is 10.2 Å². The molecule has 1 unspecified atom stereocenters. The van der Waals surface area contributed by atoms with Gasteiger partial charge in [-0.05, 0) is 42.7 Å². The lowest BCUT2D eigenvalue weighted by Crippen LogP contribution is -3.14. The molecule has 0 aliphatic carbocycles. The van der Waals surface area contributed by atoms with Gasteiger partial charge in [-0.3, -0.25) is 4.79 Å². The number of fused-ring (bicyclic) bond motifs is 1. The molecule has 5 nitrogen and oxygen atoms in total. The maximum absolute atomic E-state index is 12.5. The number of carbonyl (C=O) groups is 1. The number of nitrogens with zero attached hydrogens (tertiary/aromatic N) is 2. The Morgan fingerprint density at radius 2 is 2.07 bits per heavy atom. The lowest BCUT2D eigenvalue weighted by Gasteiger charge is -2.28. The monoisotopic (exact) mass is 391 g/mol. The highest BCUT2D eigenvalue weighted by Crippen LogP contribution is 2.30. The van der Waals surface area contributed by atoms with Gasteiger partial charge in [0.1, 0.15) is 5.01 Å². The van der Waals surface area contributed by atoms with E-state index in [9.17, 15) is 4.79 Å². The summed E-state index contributed by atoms with van der Waals surface area (Å²) < 4.78 is 1.24. The Hall–Kier alpha value is -2.75. The number of likely N-dealkylation sites (tertiary alicyclic amines) is 1. The SMILES string of the molecule is N#CCc1ccc(NC(=O)C[NH+]2CCC[C@H](c3nc4ccccc4s3)C2)cc1. The van der Waals surface area contributed by atoms with Gasteiger partial charge in [0.25, 0.3) is 5.91 Å². The van der Waals surface area contributed by atoms with Crippen molar-refractivity contribution >= 4 is 33.1 Å². The molecule has 0 bridgehead atoms. The number of aromatic nitrogens is 1. The van der Waals surface area contributed by atoms with Gasteiger partial charge in [0.05, 0.1) is 41.7 Å². The third kappa shape index (κ3) is 4.38. The van der Waals surface area contributed by atoms with Gasteiger partial charge in [-0.1, -0.05) is 24.3 Å². The minimum atomic E-state index is 0.0352. The number of quaternary nitrogens is 1. The number of hydrogen-bond donors (Lipinski definition) is 2. The molecule has 6 heteroatoms. The summed E-state index contributed by atoms with van der Waals surface area (Å²) in [5.41, 5.74) is 2.82. The van der Waals surface area contributed by atoms with Crippen LogP contribution in [0.25, 0.3) is 10.2 Å². The van der Waals surface area contributed by atoms with Crippen molar-refractivity contribution in [2.45, 2.75) is 25.2 Å². The zero-order chi connectivity index (χ0) is 19.3. The Labute approximate surface area is 168 Å². The van der Waals surface area contributed by atoms with Crippen molar-refractivity contribution in [3.05, 3.63) is 59.1 Å². The number of amides is 1. The average Bonchev–Trinajstić information content (AvgIpc) is 3.14. The predicted octanol–water partition coefficient (Wildman–Crippen LogP) is 2.76. The van der Waals surface area contributed by atoms with Crippen LogP contribution in [-0.4, -0.2) is 30.5 Å². The van der Waals surface area contributed by atoms with Gasteiger partial charge < -0.3 is 10.2 Å². The Morgan fingerprint density at radius 3 is 2.86 bits per heavy atom. The summed E-state index contributed by atoms with van der Waals surface area (Å²) in [5.74, 6) is 0.465. The lowest BCUT2D eigenvalue weighted by atomic mass is 9.99. The van der Waals surface area contributed by atoms with Gasteiger partial charge in [-0.25, -0.2) is 4.98 Å². The number of nitriles is 1. The van der Waals surface area contributed by atoms with Crippen LogP contribution in [0, 0.1) is 11.3 Å². The molecule has 2 heterocycles. The van der Waals surface area contributed by atoms with E-state index < -0.39 is 0 Å². The topological polar surface area (TPSA) is 70.2 Å². The fourth-order valence-corrected chi connectivity index (χ4v) is 4.92.